The summed E-state index contributed by atoms with van der Waals surface area (Å²) >= 11 is 0. The third kappa shape index (κ3) is 3.55. The van der Waals surface area contributed by atoms with Gasteiger partial charge in [-0.1, -0.05) is 31.5 Å². The summed E-state index contributed by atoms with van der Waals surface area (Å²) in [6.45, 7) is 2.09. The fourth-order valence-corrected chi connectivity index (χ4v) is 2.75. The molecule has 5 nitrogen and oxygen atoms in total. The molecule has 0 saturated heterocycles. The number of amides is 1. The van der Waals surface area contributed by atoms with E-state index in [9.17, 15) is 14.7 Å². The number of aromatic amines is 1. The van der Waals surface area contributed by atoms with Gasteiger partial charge in [-0.2, -0.15) is 0 Å². The summed E-state index contributed by atoms with van der Waals surface area (Å²) in [6, 6.07) is 12.1. The summed E-state index contributed by atoms with van der Waals surface area (Å²) in [4.78, 5) is 27.9. The molecule has 3 rings (SSSR count). The third-order valence-electron chi connectivity index (χ3n) is 4.18. The molecule has 1 amide bonds. The summed E-state index contributed by atoms with van der Waals surface area (Å²) in [7, 11) is 0. The van der Waals surface area contributed by atoms with Crippen LogP contribution < -0.4 is 10.7 Å². The number of rotatable bonds is 5. The lowest BCUT2D eigenvalue weighted by Crippen LogP contribution is -2.21. The number of phenols is 1. The van der Waals surface area contributed by atoms with Crippen LogP contribution in [0.3, 0.4) is 0 Å². The minimum atomic E-state index is -0.507. The Bertz CT molecular complexity index is 976. The zero-order valence-corrected chi connectivity index (χ0v) is 14.0. The molecule has 0 aliphatic rings. The lowest BCUT2D eigenvalue weighted by atomic mass is 10.1. The van der Waals surface area contributed by atoms with Gasteiger partial charge in [0.2, 0.25) is 5.43 Å². The normalized spacial score (nSPS) is 10.8. The minimum absolute atomic E-state index is 0.0354. The molecule has 0 aliphatic heterocycles. The van der Waals surface area contributed by atoms with Crippen LogP contribution in [0.2, 0.25) is 0 Å². The Morgan fingerprint density at radius 3 is 2.76 bits per heavy atom. The SMILES string of the molecule is CCCCc1ccc(NC(=O)c2c[nH]c3ccccc3c2=O)cc1O. The monoisotopic (exact) mass is 336 g/mol. The van der Waals surface area contributed by atoms with Crippen LogP contribution in [0.1, 0.15) is 35.7 Å². The third-order valence-corrected chi connectivity index (χ3v) is 4.18. The van der Waals surface area contributed by atoms with E-state index in [4.69, 9.17) is 0 Å². The molecule has 0 saturated carbocycles. The Labute approximate surface area is 145 Å². The van der Waals surface area contributed by atoms with Gasteiger partial charge < -0.3 is 15.4 Å². The van der Waals surface area contributed by atoms with Gasteiger partial charge in [0.05, 0.1) is 0 Å². The molecule has 3 aromatic rings. The maximum Gasteiger partial charge on any atom is 0.261 e. The minimum Gasteiger partial charge on any atom is -0.508 e. The lowest BCUT2D eigenvalue weighted by molar-refractivity contribution is 0.102. The molecule has 5 heteroatoms. The molecular weight excluding hydrogens is 316 g/mol. The zero-order valence-electron chi connectivity index (χ0n) is 14.0. The van der Waals surface area contributed by atoms with Crippen LogP contribution >= 0.6 is 0 Å². The molecule has 0 unspecified atom stereocenters. The number of carbonyl (C=O) groups excluding carboxylic acids is 1. The van der Waals surface area contributed by atoms with Gasteiger partial charge in [-0.25, -0.2) is 0 Å². The van der Waals surface area contributed by atoms with Gasteiger partial charge in [0.25, 0.3) is 5.91 Å². The first-order valence-corrected chi connectivity index (χ1v) is 8.34. The number of aromatic hydroxyl groups is 1. The van der Waals surface area contributed by atoms with Crippen LogP contribution in [-0.2, 0) is 6.42 Å². The number of H-pyrrole nitrogens is 1. The fraction of sp³-hybridized carbons (Fsp3) is 0.200. The van der Waals surface area contributed by atoms with Crippen molar-refractivity contribution in [2.45, 2.75) is 26.2 Å². The predicted molar refractivity (Wildman–Crippen MR) is 99.2 cm³/mol. The van der Waals surface area contributed by atoms with Crippen LogP contribution in [0.5, 0.6) is 5.75 Å². The average Bonchev–Trinajstić information content (AvgIpc) is 2.61. The van der Waals surface area contributed by atoms with Crippen molar-refractivity contribution in [1.29, 1.82) is 0 Å². The Hall–Kier alpha value is -3.08. The molecule has 0 spiro atoms. The number of nitrogens with one attached hydrogen (secondary N) is 2. The number of aryl methyl sites for hydroxylation is 1. The van der Waals surface area contributed by atoms with Crippen molar-refractivity contribution in [2.24, 2.45) is 0 Å². The molecule has 0 atom stereocenters. The number of aromatic nitrogens is 1. The lowest BCUT2D eigenvalue weighted by Gasteiger charge is -2.09. The van der Waals surface area contributed by atoms with Crippen LogP contribution in [0.25, 0.3) is 10.9 Å². The second-order valence-electron chi connectivity index (χ2n) is 5.98. The van der Waals surface area contributed by atoms with Crippen molar-refractivity contribution >= 4 is 22.5 Å². The van der Waals surface area contributed by atoms with Crippen LogP contribution in [0.15, 0.2) is 53.5 Å². The van der Waals surface area contributed by atoms with E-state index in [1.807, 2.05) is 6.07 Å². The second kappa shape index (κ2) is 7.21. The quantitative estimate of drug-likeness (QED) is 0.662. The van der Waals surface area contributed by atoms with Gasteiger partial charge in [-0.05, 0) is 36.6 Å². The van der Waals surface area contributed by atoms with E-state index in [-0.39, 0.29) is 16.7 Å². The van der Waals surface area contributed by atoms with Crippen LogP contribution in [0.4, 0.5) is 5.69 Å². The van der Waals surface area contributed by atoms with Crippen molar-refractivity contribution in [2.75, 3.05) is 5.32 Å². The van der Waals surface area contributed by atoms with E-state index in [1.54, 1.807) is 30.3 Å². The molecule has 3 N–H and O–H groups in total. The van der Waals surface area contributed by atoms with Crippen molar-refractivity contribution in [3.05, 3.63) is 70.0 Å². The Balaban J connectivity index is 1.84. The topological polar surface area (TPSA) is 82.2 Å². The van der Waals surface area contributed by atoms with Crippen LogP contribution in [0, 0.1) is 0 Å². The molecule has 2 aromatic carbocycles. The summed E-state index contributed by atoms with van der Waals surface area (Å²) in [5.41, 5.74) is 1.70. The fourth-order valence-electron chi connectivity index (χ4n) is 2.75. The van der Waals surface area contributed by atoms with Gasteiger partial charge in [0.1, 0.15) is 11.3 Å². The first-order chi connectivity index (χ1) is 12.1. The van der Waals surface area contributed by atoms with E-state index in [1.165, 1.54) is 12.3 Å². The van der Waals surface area contributed by atoms with Crippen molar-refractivity contribution < 1.29 is 9.90 Å². The molecule has 1 aromatic heterocycles. The molecule has 25 heavy (non-hydrogen) atoms. The number of para-hydroxylation sites is 1. The number of fused-ring (bicyclic) bond motifs is 1. The first-order valence-electron chi connectivity index (χ1n) is 8.34. The highest BCUT2D eigenvalue weighted by molar-refractivity contribution is 6.05. The maximum absolute atomic E-state index is 12.5. The number of phenolic OH excluding ortho intramolecular Hbond substituents is 1. The highest BCUT2D eigenvalue weighted by Crippen LogP contribution is 2.24. The highest BCUT2D eigenvalue weighted by atomic mass is 16.3. The first kappa shape index (κ1) is 16.8. The number of pyridine rings is 1. The molecule has 1 heterocycles. The number of hydrogen-bond donors (Lipinski definition) is 3. The maximum atomic E-state index is 12.5. The predicted octanol–water partition coefficient (Wildman–Crippen LogP) is 3.83. The Morgan fingerprint density at radius 1 is 1.20 bits per heavy atom. The average molecular weight is 336 g/mol. The van der Waals surface area contributed by atoms with E-state index in [0.717, 1.165) is 24.8 Å². The smallest absolute Gasteiger partial charge is 0.261 e. The number of carbonyl (C=O) groups is 1. The van der Waals surface area contributed by atoms with E-state index >= 15 is 0 Å². The number of unbranched alkanes of at least 4 members (excludes halogenated alkanes) is 1. The van der Waals surface area contributed by atoms with E-state index in [2.05, 4.69) is 17.2 Å². The van der Waals surface area contributed by atoms with Crippen molar-refractivity contribution in [3.63, 3.8) is 0 Å². The standard InChI is InChI=1S/C20H20N2O3/c1-2-3-6-13-9-10-14(11-18(13)23)22-20(25)16-12-21-17-8-5-4-7-15(17)19(16)24/h4-5,7-12,23H,2-3,6H2,1H3,(H,21,24)(H,22,25). The molecule has 0 radical (unpaired) electrons. The molecule has 0 bridgehead atoms. The number of benzene rings is 2. The summed E-state index contributed by atoms with van der Waals surface area (Å²) in [5.74, 6) is -0.355. The molecule has 0 aliphatic carbocycles. The van der Waals surface area contributed by atoms with Gasteiger partial charge in [0, 0.05) is 28.9 Å². The summed E-state index contributed by atoms with van der Waals surface area (Å²) in [5, 5.41) is 13.2. The van der Waals surface area contributed by atoms with Gasteiger partial charge in [-0.3, -0.25) is 9.59 Å². The van der Waals surface area contributed by atoms with Crippen LogP contribution in [-0.4, -0.2) is 16.0 Å². The van der Waals surface area contributed by atoms with E-state index < -0.39 is 5.91 Å². The van der Waals surface area contributed by atoms with Crippen molar-refractivity contribution in [3.8, 4) is 5.75 Å². The molecular formula is C20H20N2O3. The molecule has 0 fully saturated rings. The van der Waals surface area contributed by atoms with Gasteiger partial charge in [0.15, 0.2) is 0 Å². The number of hydrogen-bond acceptors (Lipinski definition) is 3. The molecule has 128 valence electrons. The Kier molecular flexibility index (Phi) is 4.84. The summed E-state index contributed by atoms with van der Waals surface area (Å²) in [6.07, 6.45) is 4.24. The van der Waals surface area contributed by atoms with E-state index in [0.29, 0.717) is 16.6 Å². The summed E-state index contributed by atoms with van der Waals surface area (Å²) < 4.78 is 0. The number of anilines is 1. The largest absolute Gasteiger partial charge is 0.508 e. The van der Waals surface area contributed by atoms with Crippen molar-refractivity contribution in [1.82, 2.24) is 4.98 Å². The van der Waals surface area contributed by atoms with Gasteiger partial charge in [-0.15, -0.1) is 0 Å². The Morgan fingerprint density at radius 2 is 2.00 bits per heavy atom. The highest BCUT2D eigenvalue weighted by Gasteiger charge is 2.13. The second-order valence-corrected chi connectivity index (χ2v) is 5.98. The zero-order chi connectivity index (χ0) is 17.8. The van der Waals surface area contributed by atoms with Gasteiger partial charge >= 0.3 is 0 Å².